The molecule has 28 heavy (non-hydrogen) atoms. The number of hydrogen-bond acceptors (Lipinski definition) is 4. The zero-order chi connectivity index (χ0) is 19.9. The molecule has 1 atom stereocenters. The van der Waals surface area contributed by atoms with Gasteiger partial charge in [0, 0.05) is 0 Å². The normalized spacial score (nSPS) is 11.5. The Morgan fingerprint density at radius 3 is 2.54 bits per heavy atom. The smallest absolute Gasteiger partial charge is 0.265 e. The van der Waals surface area contributed by atoms with E-state index in [2.05, 4.69) is 10.6 Å². The second kappa shape index (κ2) is 8.90. The van der Waals surface area contributed by atoms with Crippen molar-refractivity contribution in [2.24, 2.45) is 0 Å². The van der Waals surface area contributed by atoms with E-state index in [1.165, 1.54) is 0 Å². The van der Waals surface area contributed by atoms with E-state index in [0.29, 0.717) is 22.8 Å². The van der Waals surface area contributed by atoms with Crippen LogP contribution in [0, 0.1) is 6.92 Å². The van der Waals surface area contributed by atoms with Crippen molar-refractivity contribution in [2.75, 3.05) is 5.32 Å². The molecule has 0 unspecified atom stereocenters. The summed E-state index contributed by atoms with van der Waals surface area (Å²) in [4.78, 5) is 25.1. The molecule has 2 aromatic carbocycles. The highest BCUT2D eigenvalue weighted by Crippen LogP contribution is 2.20. The molecular weight excluding hydrogens is 356 g/mol. The van der Waals surface area contributed by atoms with Crippen molar-refractivity contribution < 1.29 is 18.7 Å². The summed E-state index contributed by atoms with van der Waals surface area (Å²) in [5.74, 6) is 0.652. The minimum atomic E-state index is -0.722. The van der Waals surface area contributed by atoms with Gasteiger partial charge in [-0.05, 0) is 49.7 Å². The molecule has 6 heteroatoms. The fourth-order valence-electron chi connectivity index (χ4n) is 2.63. The van der Waals surface area contributed by atoms with Crippen LogP contribution in [0.15, 0.2) is 71.3 Å². The third-order valence-corrected chi connectivity index (χ3v) is 4.20. The van der Waals surface area contributed by atoms with Crippen LogP contribution in [0.4, 0.5) is 5.69 Å². The molecule has 2 amide bonds. The predicted molar refractivity (Wildman–Crippen MR) is 106 cm³/mol. The molecule has 0 aliphatic rings. The van der Waals surface area contributed by atoms with Crippen LogP contribution in [0.3, 0.4) is 0 Å². The van der Waals surface area contributed by atoms with Crippen LogP contribution < -0.4 is 15.4 Å². The molecule has 6 nitrogen and oxygen atoms in total. The topological polar surface area (TPSA) is 80.6 Å². The van der Waals surface area contributed by atoms with Crippen LogP contribution in [0.1, 0.15) is 28.6 Å². The second-order valence-electron chi connectivity index (χ2n) is 6.32. The van der Waals surface area contributed by atoms with Gasteiger partial charge in [-0.1, -0.05) is 30.3 Å². The Kier molecular flexibility index (Phi) is 6.11. The maximum absolute atomic E-state index is 12.6. The van der Waals surface area contributed by atoms with E-state index in [9.17, 15) is 9.59 Å². The molecule has 1 heterocycles. The third-order valence-electron chi connectivity index (χ3n) is 4.20. The van der Waals surface area contributed by atoms with E-state index in [-0.39, 0.29) is 18.4 Å². The standard InChI is InChI=1S/C22H22N2O4/c1-15-8-3-6-12-20(15)28-16(2)21(25)24-19-11-5-4-10-18(19)22(26)23-14-17-9-7-13-27-17/h3-13,16H,14H2,1-2H3,(H,23,26)(H,24,25)/t16-/m0/s1. The zero-order valence-electron chi connectivity index (χ0n) is 15.8. The molecule has 0 aliphatic carbocycles. The number of ether oxygens (including phenoxy) is 1. The van der Waals surface area contributed by atoms with Gasteiger partial charge < -0.3 is 19.8 Å². The molecule has 2 N–H and O–H groups in total. The van der Waals surface area contributed by atoms with Crippen molar-refractivity contribution in [2.45, 2.75) is 26.5 Å². The summed E-state index contributed by atoms with van der Waals surface area (Å²) in [6, 6.07) is 17.9. The molecular formula is C22H22N2O4. The fourth-order valence-corrected chi connectivity index (χ4v) is 2.63. The number of nitrogens with one attached hydrogen (secondary N) is 2. The van der Waals surface area contributed by atoms with Gasteiger partial charge in [0.2, 0.25) is 0 Å². The number of carbonyl (C=O) groups excluding carboxylic acids is 2. The first-order valence-corrected chi connectivity index (χ1v) is 8.97. The van der Waals surface area contributed by atoms with Crippen molar-refractivity contribution in [1.82, 2.24) is 5.32 Å². The maximum atomic E-state index is 12.6. The lowest BCUT2D eigenvalue weighted by atomic mass is 10.1. The van der Waals surface area contributed by atoms with Crippen molar-refractivity contribution in [3.8, 4) is 5.75 Å². The Morgan fingerprint density at radius 1 is 1.04 bits per heavy atom. The van der Waals surface area contributed by atoms with Gasteiger partial charge in [0.15, 0.2) is 6.10 Å². The van der Waals surface area contributed by atoms with Crippen molar-refractivity contribution in [3.63, 3.8) is 0 Å². The lowest BCUT2D eigenvalue weighted by Gasteiger charge is -2.17. The van der Waals surface area contributed by atoms with Crippen molar-refractivity contribution in [1.29, 1.82) is 0 Å². The summed E-state index contributed by atoms with van der Waals surface area (Å²) >= 11 is 0. The number of furan rings is 1. The van der Waals surface area contributed by atoms with Crippen LogP contribution in [0.25, 0.3) is 0 Å². The highest BCUT2D eigenvalue weighted by Gasteiger charge is 2.19. The quantitative estimate of drug-likeness (QED) is 0.653. The zero-order valence-corrected chi connectivity index (χ0v) is 15.8. The average molecular weight is 378 g/mol. The Morgan fingerprint density at radius 2 is 1.79 bits per heavy atom. The Bertz CT molecular complexity index is 951. The number of hydrogen-bond donors (Lipinski definition) is 2. The number of benzene rings is 2. The van der Waals surface area contributed by atoms with Crippen LogP contribution in [-0.4, -0.2) is 17.9 Å². The van der Waals surface area contributed by atoms with Gasteiger partial charge in [-0.2, -0.15) is 0 Å². The van der Waals surface area contributed by atoms with Crippen LogP contribution >= 0.6 is 0 Å². The highest BCUT2D eigenvalue weighted by molar-refractivity contribution is 6.04. The van der Waals surface area contributed by atoms with E-state index >= 15 is 0 Å². The summed E-state index contributed by atoms with van der Waals surface area (Å²) < 4.78 is 11.0. The van der Waals surface area contributed by atoms with Gasteiger partial charge in [-0.25, -0.2) is 0 Å². The first-order valence-electron chi connectivity index (χ1n) is 8.97. The van der Waals surface area contributed by atoms with E-state index in [0.717, 1.165) is 5.56 Å². The molecule has 3 aromatic rings. The first kappa shape index (κ1) is 19.2. The highest BCUT2D eigenvalue weighted by atomic mass is 16.5. The second-order valence-corrected chi connectivity index (χ2v) is 6.32. The summed E-state index contributed by atoms with van der Waals surface area (Å²) in [7, 11) is 0. The number of carbonyl (C=O) groups is 2. The van der Waals surface area contributed by atoms with Gasteiger partial charge in [0.25, 0.3) is 11.8 Å². The molecule has 0 saturated carbocycles. The van der Waals surface area contributed by atoms with Gasteiger partial charge in [-0.3, -0.25) is 9.59 Å². The number of anilines is 1. The summed E-state index contributed by atoms with van der Waals surface area (Å²) in [6.45, 7) is 3.85. The van der Waals surface area contributed by atoms with E-state index in [1.807, 2.05) is 31.2 Å². The minimum absolute atomic E-state index is 0.265. The SMILES string of the molecule is Cc1ccccc1O[C@@H](C)C(=O)Nc1ccccc1C(=O)NCc1ccco1. The first-order chi connectivity index (χ1) is 13.5. The lowest BCUT2D eigenvalue weighted by molar-refractivity contribution is -0.122. The Hall–Kier alpha value is -3.54. The lowest BCUT2D eigenvalue weighted by Crippen LogP contribution is -2.31. The molecule has 0 spiro atoms. The summed E-state index contributed by atoms with van der Waals surface area (Å²) in [6.07, 6.45) is 0.825. The van der Waals surface area contributed by atoms with Gasteiger partial charge in [0.05, 0.1) is 24.1 Å². The molecule has 3 rings (SSSR count). The molecule has 0 bridgehead atoms. The largest absolute Gasteiger partial charge is 0.481 e. The number of aryl methyl sites for hydroxylation is 1. The van der Waals surface area contributed by atoms with E-state index in [4.69, 9.17) is 9.15 Å². The van der Waals surface area contributed by atoms with E-state index < -0.39 is 6.10 Å². The van der Waals surface area contributed by atoms with Gasteiger partial charge in [-0.15, -0.1) is 0 Å². The van der Waals surface area contributed by atoms with E-state index in [1.54, 1.807) is 49.6 Å². The summed E-state index contributed by atoms with van der Waals surface area (Å²) in [5.41, 5.74) is 1.73. The number of amides is 2. The van der Waals surface area contributed by atoms with Crippen molar-refractivity contribution in [3.05, 3.63) is 83.8 Å². The number of para-hydroxylation sites is 2. The van der Waals surface area contributed by atoms with Crippen LogP contribution in [0.5, 0.6) is 5.75 Å². The monoisotopic (exact) mass is 378 g/mol. The average Bonchev–Trinajstić information content (AvgIpc) is 3.22. The van der Waals surface area contributed by atoms with Gasteiger partial charge in [0.1, 0.15) is 11.5 Å². The third kappa shape index (κ3) is 4.79. The minimum Gasteiger partial charge on any atom is -0.481 e. The predicted octanol–water partition coefficient (Wildman–Crippen LogP) is 3.92. The van der Waals surface area contributed by atoms with Crippen molar-refractivity contribution >= 4 is 17.5 Å². The molecule has 1 aromatic heterocycles. The Balaban J connectivity index is 1.65. The molecule has 0 saturated heterocycles. The fraction of sp³-hybridized carbons (Fsp3) is 0.182. The molecule has 0 radical (unpaired) electrons. The molecule has 0 fully saturated rings. The summed E-state index contributed by atoms with van der Waals surface area (Å²) in [5, 5.41) is 5.55. The number of rotatable bonds is 7. The Labute approximate surface area is 163 Å². The van der Waals surface area contributed by atoms with Crippen LogP contribution in [-0.2, 0) is 11.3 Å². The maximum Gasteiger partial charge on any atom is 0.265 e. The van der Waals surface area contributed by atoms with Crippen LogP contribution in [0.2, 0.25) is 0 Å². The molecule has 144 valence electrons. The van der Waals surface area contributed by atoms with Gasteiger partial charge >= 0.3 is 0 Å². The molecule has 0 aliphatic heterocycles.